The smallest absolute Gasteiger partial charge is 0.328 e. The van der Waals surface area contributed by atoms with Crippen LogP contribution in [-0.2, 0) is 19.6 Å². The van der Waals surface area contributed by atoms with Gasteiger partial charge in [0.2, 0.25) is 10.0 Å². The minimum absolute atomic E-state index is 0.192. The number of ether oxygens (including phenoxy) is 1. The Kier molecular flexibility index (Phi) is 4.55. The fraction of sp³-hybridized carbons (Fsp3) is 0.909. The maximum atomic E-state index is 12.3. The molecule has 1 fully saturated rings. The molecule has 1 aliphatic heterocycles. The molecule has 5 nitrogen and oxygen atoms in total. The Morgan fingerprint density at radius 1 is 1.24 bits per heavy atom. The summed E-state index contributed by atoms with van der Waals surface area (Å²) in [4.78, 5) is 11.7. The number of carbonyl (C=O) groups is 1. The van der Waals surface area contributed by atoms with Crippen LogP contribution < -0.4 is 0 Å². The summed E-state index contributed by atoms with van der Waals surface area (Å²) in [7, 11) is -3.62. The van der Waals surface area contributed by atoms with E-state index in [1.54, 1.807) is 6.92 Å². The zero-order valence-electron chi connectivity index (χ0n) is 10.7. The second-order valence-corrected chi connectivity index (χ2v) is 7.18. The van der Waals surface area contributed by atoms with Crippen LogP contribution in [0.15, 0.2) is 0 Å². The summed E-state index contributed by atoms with van der Waals surface area (Å²) in [6.45, 7) is 5.69. The van der Waals surface area contributed by atoms with Crippen molar-refractivity contribution >= 4 is 16.0 Å². The van der Waals surface area contributed by atoms with Crippen molar-refractivity contribution in [1.82, 2.24) is 4.31 Å². The van der Waals surface area contributed by atoms with Gasteiger partial charge in [-0.15, -0.1) is 0 Å². The van der Waals surface area contributed by atoms with E-state index in [0.717, 1.165) is 19.3 Å². The third-order valence-electron chi connectivity index (χ3n) is 3.07. The number of piperidine rings is 1. The van der Waals surface area contributed by atoms with E-state index in [-0.39, 0.29) is 6.61 Å². The first kappa shape index (κ1) is 14.4. The summed E-state index contributed by atoms with van der Waals surface area (Å²) >= 11 is 0. The molecule has 17 heavy (non-hydrogen) atoms. The Bertz CT molecular complexity index is 369. The molecule has 0 aromatic carbocycles. The predicted octanol–water partition coefficient (Wildman–Crippen LogP) is 1.14. The fourth-order valence-corrected chi connectivity index (χ4v) is 3.49. The SMILES string of the molecule is CCOC(=O)C(C)(C)S(=O)(=O)N1CCCCC1. The molecule has 0 aromatic rings. The molecule has 0 bridgehead atoms. The Hall–Kier alpha value is -0.620. The van der Waals surface area contributed by atoms with E-state index in [4.69, 9.17) is 4.74 Å². The van der Waals surface area contributed by atoms with Gasteiger partial charge in [0.1, 0.15) is 0 Å². The van der Waals surface area contributed by atoms with E-state index >= 15 is 0 Å². The van der Waals surface area contributed by atoms with E-state index < -0.39 is 20.7 Å². The average molecular weight is 263 g/mol. The predicted molar refractivity (Wildman–Crippen MR) is 65.1 cm³/mol. The third-order valence-corrected chi connectivity index (χ3v) is 5.57. The molecular formula is C11H21NO4S. The largest absolute Gasteiger partial charge is 0.465 e. The molecule has 1 aliphatic rings. The topological polar surface area (TPSA) is 63.7 Å². The first-order valence-corrected chi connectivity index (χ1v) is 7.45. The van der Waals surface area contributed by atoms with Crippen LogP contribution in [0.2, 0.25) is 0 Å². The third kappa shape index (κ3) is 2.80. The van der Waals surface area contributed by atoms with Crippen LogP contribution >= 0.6 is 0 Å². The molecule has 100 valence electrons. The molecule has 6 heteroatoms. The van der Waals surface area contributed by atoms with Crippen LogP contribution in [0.4, 0.5) is 0 Å². The van der Waals surface area contributed by atoms with E-state index in [1.807, 2.05) is 0 Å². The highest BCUT2D eigenvalue weighted by Gasteiger charge is 2.46. The lowest BCUT2D eigenvalue weighted by molar-refractivity contribution is -0.145. The Morgan fingerprint density at radius 2 is 1.76 bits per heavy atom. The van der Waals surface area contributed by atoms with Gasteiger partial charge in [-0.1, -0.05) is 6.42 Å². The maximum absolute atomic E-state index is 12.3. The van der Waals surface area contributed by atoms with Crippen molar-refractivity contribution in [2.45, 2.75) is 44.8 Å². The minimum Gasteiger partial charge on any atom is -0.465 e. The molecule has 1 saturated heterocycles. The molecule has 0 aliphatic carbocycles. The maximum Gasteiger partial charge on any atom is 0.328 e. The van der Waals surface area contributed by atoms with Gasteiger partial charge in [0, 0.05) is 13.1 Å². The van der Waals surface area contributed by atoms with Crippen LogP contribution in [0, 0.1) is 0 Å². The monoisotopic (exact) mass is 263 g/mol. The molecule has 0 aromatic heterocycles. The first-order valence-electron chi connectivity index (χ1n) is 6.01. The van der Waals surface area contributed by atoms with Crippen LogP contribution in [-0.4, -0.2) is 43.1 Å². The van der Waals surface area contributed by atoms with Crippen LogP contribution in [0.3, 0.4) is 0 Å². The lowest BCUT2D eigenvalue weighted by atomic mass is 10.2. The number of rotatable bonds is 4. The van der Waals surface area contributed by atoms with E-state index in [0.29, 0.717) is 13.1 Å². The van der Waals surface area contributed by atoms with Gasteiger partial charge in [-0.25, -0.2) is 12.7 Å². The van der Waals surface area contributed by atoms with Gasteiger partial charge in [-0.2, -0.15) is 0 Å². The average Bonchev–Trinajstić information content (AvgIpc) is 2.30. The number of nitrogens with zero attached hydrogens (tertiary/aromatic N) is 1. The molecule has 0 amide bonds. The summed E-state index contributed by atoms with van der Waals surface area (Å²) in [6, 6.07) is 0. The van der Waals surface area contributed by atoms with Crippen molar-refractivity contribution in [2.24, 2.45) is 0 Å². The van der Waals surface area contributed by atoms with Gasteiger partial charge in [0.25, 0.3) is 0 Å². The van der Waals surface area contributed by atoms with Crippen molar-refractivity contribution in [1.29, 1.82) is 0 Å². The number of hydrogen-bond donors (Lipinski definition) is 0. The zero-order chi connectivity index (χ0) is 13.1. The number of hydrogen-bond acceptors (Lipinski definition) is 4. The Labute approximate surface area is 103 Å². The molecule has 0 unspecified atom stereocenters. The number of sulfonamides is 1. The van der Waals surface area contributed by atoms with Gasteiger partial charge in [0.15, 0.2) is 4.75 Å². The molecule has 0 spiro atoms. The summed E-state index contributed by atoms with van der Waals surface area (Å²) < 4.78 is 29.4. The molecule has 0 atom stereocenters. The number of esters is 1. The molecule has 0 N–H and O–H groups in total. The normalized spacial score (nSPS) is 19.0. The summed E-state index contributed by atoms with van der Waals surface area (Å²) in [5.41, 5.74) is 0. The van der Waals surface area contributed by atoms with E-state index in [2.05, 4.69) is 0 Å². The minimum atomic E-state index is -3.62. The van der Waals surface area contributed by atoms with Gasteiger partial charge in [-0.3, -0.25) is 4.79 Å². The van der Waals surface area contributed by atoms with Gasteiger partial charge in [0.05, 0.1) is 6.61 Å². The highest BCUT2D eigenvalue weighted by Crippen LogP contribution is 2.25. The van der Waals surface area contributed by atoms with Gasteiger partial charge < -0.3 is 4.74 Å². The van der Waals surface area contributed by atoms with Crippen molar-refractivity contribution < 1.29 is 17.9 Å². The second kappa shape index (κ2) is 5.35. The summed E-state index contributed by atoms with van der Waals surface area (Å²) in [6.07, 6.45) is 2.77. The quantitative estimate of drug-likeness (QED) is 0.714. The van der Waals surface area contributed by atoms with E-state index in [9.17, 15) is 13.2 Å². The molecule has 0 radical (unpaired) electrons. The molecular weight excluding hydrogens is 242 g/mol. The van der Waals surface area contributed by atoms with Crippen molar-refractivity contribution in [3.05, 3.63) is 0 Å². The number of carbonyl (C=O) groups excluding carboxylic acids is 1. The molecule has 0 saturated carbocycles. The van der Waals surface area contributed by atoms with Crippen LogP contribution in [0.5, 0.6) is 0 Å². The van der Waals surface area contributed by atoms with Gasteiger partial charge in [-0.05, 0) is 33.6 Å². The Morgan fingerprint density at radius 3 is 2.24 bits per heavy atom. The molecule has 1 rings (SSSR count). The Balaban J connectivity index is 2.90. The van der Waals surface area contributed by atoms with Crippen LogP contribution in [0.25, 0.3) is 0 Å². The molecule has 1 heterocycles. The van der Waals surface area contributed by atoms with Crippen molar-refractivity contribution in [3.8, 4) is 0 Å². The van der Waals surface area contributed by atoms with Crippen molar-refractivity contribution in [3.63, 3.8) is 0 Å². The summed E-state index contributed by atoms with van der Waals surface area (Å²) in [5.74, 6) is -0.675. The lowest BCUT2D eigenvalue weighted by Gasteiger charge is -2.32. The fourth-order valence-electron chi connectivity index (χ4n) is 1.84. The van der Waals surface area contributed by atoms with Gasteiger partial charge >= 0.3 is 5.97 Å². The second-order valence-electron chi connectivity index (χ2n) is 4.70. The van der Waals surface area contributed by atoms with E-state index in [1.165, 1.54) is 18.2 Å². The van der Waals surface area contributed by atoms with Crippen molar-refractivity contribution in [2.75, 3.05) is 19.7 Å². The van der Waals surface area contributed by atoms with Crippen LogP contribution in [0.1, 0.15) is 40.0 Å². The highest BCUT2D eigenvalue weighted by molar-refractivity contribution is 7.91. The summed E-state index contributed by atoms with van der Waals surface area (Å²) in [5, 5.41) is 0. The lowest BCUT2D eigenvalue weighted by Crippen LogP contribution is -2.51. The zero-order valence-corrected chi connectivity index (χ0v) is 11.5. The highest BCUT2D eigenvalue weighted by atomic mass is 32.2. The standard InChI is InChI=1S/C11H21NO4S/c1-4-16-10(13)11(2,3)17(14,15)12-8-6-5-7-9-12/h4-9H2,1-3H3. The first-order chi connectivity index (χ1) is 7.84.